The normalized spacial score (nSPS) is 10.4. The molecule has 0 fully saturated rings. The number of rotatable bonds is 7. The average Bonchev–Trinajstić information content (AvgIpc) is 3.12. The van der Waals surface area contributed by atoms with Crippen LogP contribution in [0.15, 0.2) is 67.1 Å². The van der Waals surface area contributed by atoms with E-state index in [0.717, 1.165) is 18.7 Å². The first kappa shape index (κ1) is 16.7. The minimum atomic E-state index is -0.319. The van der Waals surface area contributed by atoms with Crippen molar-refractivity contribution in [2.45, 2.75) is 6.42 Å². The largest absolute Gasteiger partial charge is 0.385 e. The van der Waals surface area contributed by atoms with Crippen LogP contribution >= 0.6 is 0 Å². The maximum Gasteiger partial charge on any atom is 0.269 e. The number of para-hydroxylation sites is 1. The minimum Gasteiger partial charge on any atom is -0.385 e. The van der Waals surface area contributed by atoms with Gasteiger partial charge in [-0.05, 0) is 42.8 Å². The number of anilines is 1. The van der Waals surface area contributed by atoms with Gasteiger partial charge >= 0.3 is 0 Å². The Bertz CT molecular complexity index is 815. The van der Waals surface area contributed by atoms with Gasteiger partial charge < -0.3 is 10.6 Å². The van der Waals surface area contributed by atoms with E-state index in [1.807, 2.05) is 30.3 Å². The smallest absolute Gasteiger partial charge is 0.269 e. The summed E-state index contributed by atoms with van der Waals surface area (Å²) in [5, 5.41) is 6.17. The summed E-state index contributed by atoms with van der Waals surface area (Å²) >= 11 is 0. The van der Waals surface area contributed by atoms with Gasteiger partial charge in [-0.1, -0.05) is 18.2 Å². The maximum absolute atomic E-state index is 13.0. The highest BCUT2D eigenvalue weighted by Gasteiger charge is 2.12. The predicted octanol–water partition coefficient (Wildman–Crippen LogP) is 3.24. The number of amides is 1. The van der Waals surface area contributed by atoms with Crippen LogP contribution < -0.4 is 10.6 Å². The Morgan fingerprint density at radius 3 is 2.56 bits per heavy atom. The van der Waals surface area contributed by atoms with Gasteiger partial charge in [0.2, 0.25) is 0 Å². The molecule has 0 atom stereocenters. The summed E-state index contributed by atoms with van der Waals surface area (Å²) in [5.74, 6) is -0.526. The van der Waals surface area contributed by atoms with Crippen LogP contribution in [0.5, 0.6) is 0 Å². The summed E-state index contributed by atoms with van der Waals surface area (Å²) in [5.41, 5.74) is 2.17. The lowest BCUT2D eigenvalue weighted by molar-refractivity contribution is 0.0947. The highest BCUT2D eigenvalue weighted by molar-refractivity contribution is 5.92. The lowest BCUT2D eigenvalue weighted by atomic mass is 10.3. The summed E-state index contributed by atoms with van der Waals surface area (Å²) in [6, 6.07) is 15.8. The van der Waals surface area contributed by atoms with Crippen molar-refractivity contribution in [3.63, 3.8) is 0 Å². The third kappa shape index (κ3) is 4.44. The second-order valence-electron chi connectivity index (χ2n) is 5.53. The Balaban J connectivity index is 1.50. The van der Waals surface area contributed by atoms with Crippen molar-refractivity contribution in [2.24, 2.45) is 0 Å². The lowest BCUT2D eigenvalue weighted by Gasteiger charge is -2.10. The van der Waals surface area contributed by atoms with Gasteiger partial charge in [-0.15, -0.1) is 0 Å². The van der Waals surface area contributed by atoms with E-state index in [2.05, 4.69) is 15.6 Å². The molecule has 128 valence electrons. The van der Waals surface area contributed by atoms with Gasteiger partial charge in [0.15, 0.2) is 0 Å². The second-order valence-corrected chi connectivity index (χ2v) is 5.53. The molecule has 2 N–H and O–H groups in total. The number of imidazole rings is 1. The molecule has 2 aromatic carbocycles. The average molecular weight is 338 g/mol. The van der Waals surface area contributed by atoms with Crippen molar-refractivity contribution in [3.8, 4) is 5.69 Å². The number of nitrogens with one attached hydrogen (secondary N) is 2. The van der Waals surface area contributed by atoms with E-state index in [9.17, 15) is 9.18 Å². The zero-order chi connectivity index (χ0) is 17.5. The molecule has 1 heterocycles. The number of halogens is 1. The monoisotopic (exact) mass is 338 g/mol. The van der Waals surface area contributed by atoms with E-state index < -0.39 is 0 Å². The Morgan fingerprint density at radius 2 is 1.80 bits per heavy atom. The van der Waals surface area contributed by atoms with Crippen molar-refractivity contribution in [1.29, 1.82) is 0 Å². The number of carbonyl (C=O) groups excluding carboxylic acids is 1. The molecule has 0 unspecified atom stereocenters. The fraction of sp³-hybridized carbons (Fsp3) is 0.158. The number of hydrogen-bond donors (Lipinski definition) is 2. The molecule has 0 aliphatic heterocycles. The SMILES string of the molecule is O=C(NCCCNc1ccccc1)c1cncn1-c1ccc(F)cc1. The summed E-state index contributed by atoms with van der Waals surface area (Å²) < 4.78 is 14.7. The van der Waals surface area contributed by atoms with E-state index in [1.54, 1.807) is 23.0 Å². The van der Waals surface area contributed by atoms with Crippen molar-refractivity contribution in [3.05, 3.63) is 78.6 Å². The number of benzene rings is 2. The van der Waals surface area contributed by atoms with Gasteiger partial charge in [-0.3, -0.25) is 9.36 Å². The zero-order valence-electron chi connectivity index (χ0n) is 13.7. The molecule has 25 heavy (non-hydrogen) atoms. The summed E-state index contributed by atoms with van der Waals surface area (Å²) in [6.45, 7) is 1.31. The van der Waals surface area contributed by atoms with Gasteiger partial charge in [0.25, 0.3) is 5.91 Å². The zero-order valence-corrected chi connectivity index (χ0v) is 13.7. The van der Waals surface area contributed by atoms with Crippen LogP contribution in [0, 0.1) is 5.82 Å². The molecule has 0 aliphatic rings. The molecular weight excluding hydrogens is 319 g/mol. The molecule has 0 aliphatic carbocycles. The standard InChI is InChI=1S/C19H19FN4O/c20-15-7-9-17(10-8-15)24-14-21-13-18(24)19(25)23-12-4-11-22-16-5-2-1-3-6-16/h1-3,5-10,13-14,22H,4,11-12H2,(H,23,25). The molecular formula is C19H19FN4O. The summed E-state index contributed by atoms with van der Waals surface area (Å²) in [4.78, 5) is 16.4. The highest BCUT2D eigenvalue weighted by Crippen LogP contribution is 2.12. The minimum absolute atomic E-state index is 0.207. The molecule has 0 saturated heterocycles. The van der Waals surface area contributed by atoms with Crippen molar-refractivity contribution in [2.75, 3.05) is 18.4 Å². The number of aromatic nitrogens is 2. The second kappa shape index (κ2) is 8.10. The lowest BCUT2D eigenvalue weighted by Crippen LogP contribution is -2.27. The highest BCUT2D eigenvalue weighted by atomic mass is 19.1. The summed E-state index contributed by atoms with van der Waals surface area (Å²) in [6.07, 6.45) is 3.84. The number of carbonyl (C=O) groups is 1. The summed E-state index contributed by atoms with van der Waals surface area (Å²) in [7, 11) is 0. The first-order chi connectivity index (χ1) is 12.2. The van der Waals surface area contributed by atoms with E-state index in [0.29, 0.717) is 17.9 Å². The van der Waals surface area contributed by atoms with Crippen molar-refractivity contribution in [1.82, 2.24) is 14.9 Å². The number of hydrogen-bond acceptors (Lipinski definition) is 3. The molecule has 1 amide bonds. The van der Waals surface area contributed by atoms with Crippen LogP contribution in [0.4, 0.5) is 10.1 Å². The van der Waals surface area contributed by atoms with Crippen LogP contribution in [0.2, 0.25) is 0 Å². The first-order valence-electron chi connectivity index (χ1n) is 8.09. The first-order valence-corrected chi connectivity index (χ1v) is 8.09. The maximum atomic E-state index is 13.0. The fourth-order valence-corrected chi connectivity index (χ4v) is 2.44. The Morgan fingerprint density at radius 1 is 1.04 bits per heavy atom. The van der Waals surface area contributed by atoms with Crippen molar-refractivity contribution >= 4 is 11.6 Å². The third-order valence-corrected chi connectivity index (χ3v) is 3.72. The molecule has 1 aromatic heterocycles. The van der Waals surface area contributed by atoms with Crippen LogP contribution in [0.3, 0.4) is 0 Å². The van der Waals surface area contributed by atoms with Crippen molar-refractivity contribution < 1.29 is 9.18 Å². The van der Waals surface area contributed by atoms with E-state index >= 15 is 0 Å². The van der Waals surface area contributed by atoms with Gasteiger partial charge in [0, 0.05) is 24.5 Å². The van der Waals surface area contributed by atoms with Gasteiger partial charge in [-0.2, -0.15) is 0 Å². The Hall–Kier alpha value is -3.15. The van der Waals surface area contributed by atoms with Gasteiger partial charge in [0.05, 0.1) is 12.5 Å². The van der Waals surface area contributed by atoms with E-state index in [1.165, 1.54) is 18.3 Å². The van der Waals surface area contributed by atoms with Gasteiger partial charge in [0.1, 0.15) is 11.5 Å². The fourth-order valence-electron chi connectivity index (χ4n) is 2.44. The Kier molecular flexibility index (Phi) is 5.41. The number of nitrogens with zero attached hydrogens (tertiary/aromatic N) is 2. The Labute approximate surface area is 145 Å². The van der Waals surface area contributed by atoms with Crippen LogP contribution in [-0.4, -0.2) is 28.5 Å². The molecule has 0 radical (unpaired) electrons. The third-order valence-electron chi connectivity index (χ3n) is 3.72. The van der Waals surface area contributed by atoms with Crippen LogP contribution in [0.25, 0.3) is 5.69 Å². The van der Waals surface area contributed by atoms with Gasteiger partial charge in [-0.25, -0.2) is 9.37 Å². The quantitative estimate of drug-likeness (QED) is 0.650. The van der Waals surface area contributed by atoms with Crippen LogP contribution in [0.1, 0.15) is 16.9 Å². The van der Waals surface area contributed by atoms with E-state index in [4.69, 9.17) is 0 Å². The molecule has 0 bridgehead atoms. The van der Waals surface area contributed by atoms with E-state index in [-0.39, 0.29) is 11.7 Å². The molecule has 5 nitrogen and oxygen atoms in total. The van der Waals surface area contributed by atoms with Crippen LogP contribution in [-0.2, 0) is 0 Å². The molecule has 0 saturated carbocycles. The topological polar surface area (TPSA) is 59.0 Å². The molecule has 3 rings (SSSR count). The molecule has 3 aromatic rings. The molecule has 6 heteroatoms. The molecule has 0 spiro atoms. The predicted molar refractivity (Wildman–Crippen MR) is 95.4 cm³/mol.